The van der Waals surface area contributed by atoms with Crippen LogP contribution >= 0.6 is 23.5 Å². The zero-order valence-corrected chi connectivity index (χ0v) is 17.3. The highest BCUT2D eigenvalue weighted by atomic mass is 32.2. The van der Waals surface area contributed by atoms with Crippen LogP contribution in [0.1, 0.15) is 15.7 Å². The van der Waals surface area contributed by atoms with Gasteiger partial charge < -0.3 is 9.47 Å². The van der Waals surface area contributed by atoms with Gasteiger partial charge in [-0.1, -0.05) is 12.1 Å². The second kappa shape index (κ2) is 8.02. The van der Waals surface area contributed by atoms with Gasteiger partial charge in [-0.05, 0) is 36.2 Å². The van der Waals surface area contributed by atoms with Gasteiger partial charge in [0.2, 0.25) is 0 Å². The van der Waals surface area contributed by atoms with Gasteiger partial charge in [0.05, 0.1) is 23.7 Å². The topological polar surface area (TPSA) is 64.6 Å². The van der Waals surface area contributed by atoms with E-state index in [2.05, 4.69) is 4.72 Å². The third-order valence-electron chi connectivity index (χ3n) is 4.00. The summed E-state index contributed by atoms with van der Waals surface area (Å²) in [5, 5.41) is 0. The van der Waals surface area contributed by atoms with Crippen molar-refractivity contribution in [3.63, 3.8) is 0 Å². The zero-order valence-electron chi connectivity index (χ0n) is 14.8. The first-order chi connectivity index (χ1) is 12.4. The maximum atomic E-state index is 12.9. The summed E-state index contributed by atoms with van der Waals surface area (Å²) in [6.45, 7) is 1.73. The SMILES string of the molecule is COc1cc(C)c(S(=O)(=O)Nc2cccc(C3SCCS3)c2)cc1OC. The molecule has 1 aliphatic heterocycles. The summed E-state index contributed by atoms with van der Waals surface area (Å²) in [4.78, 5) is 0.171. The smallest absolute Gasteiger partial charge is 0.262 e. The zero-order chi connectivity index (χ0) is 18.7. The lowest BCUT2D eigenvalue weighted by atomic mass is 10.2. The minimum absolute atomic E-state index is 0.171. The second-order valence-electron chi connectivity index (χ2n) is 5.78. The molecule has 0 amide bonds. The van der Waals surface area contributed by atoms with E-state index in [9.17, 15) is 8.42 Å². The number of hydrogen-bond donors (Lipinski definition) is 1. The predicted molar refractivity (Wildman–Crippen MR) is 109 cm³/mol. The number of hydrogen-bond acceptors (Lipinski definition) is 6. The van der Waals surface area contributed by atoms with Crippen molar-refractivity contribution in [2.75, 3.05) is 30.4 Å². The Morgan fingerprint density at radius 1 is 1.04 bits per heavy atom. The van der Waals surface area contributed by atoms with E-state index in [1.165, 1.54) is 20.3 Å². The molecule has 8 heteroatoms. The number of sulfonamides is 1. The highest BCUT2D eigenvalue weighted by Crippen LogP contribution is 2.45. The Labute approximate surface area is 162 Å². The number of nitrogens with one attached hydrogen (secondary N) is 1. The largest absolute Gasteiger partial charge is 0.493 e. The van der Waals surface area contributed by atoms with E-state index in [0.29, 0.717) is 27.3 Å². The van der Waals surface area contributed by atoms with Crippen LogP contribution in [0.5, 0.6) is 11.5 Å². The summed E-state index contributed by atoms with van der Waals surface area (Å²) in [5.41, 5.74) is 2.28. The summed E-state index contributed by atoms with van der Waals surface area (Å²) in [5.74, 6) is 3.12. The van der Waals surface area contributed by atoms with Gasteiger partial charge in [-0.2, -0.15) is 0 Å². The van der Waals surface area contributed by atoms with E-state index in [0.717, 1.165) is 17.1 Å². The molecule has 1 saturated heterocycles. The van der Waals surface area contributed by atoms with Crippen LogP contribution in [0.25, 0.3) is 0 Å². The quantitative estimate of drug-likeness (QED) is 0.765. The second-order valence-corrected chi connectivity index (χ2v) is 10.2. The van der Waals surface area contributed by atoms with Crippen LogP contribution in [-0.2, 0) is 10.0 Å². The number of rotatable bonds is 6. The molecule has 0 spiro atoms. The molecule has 1 fully saturated rings. The van der Waals surface area contributed by atoms with Crippen LogP contribution in [-0.4, -0.2) is 34.1 Å². The molecule has 0 saturated carbocycles. The first-order valence-electron chi connectivity index (χ1n) is 8.03. The summed E-state index contributed by atoms with van der Waals surface area (Å²) >= 11 is 3.77. The minimum atomic E-state index is -3.74. The Hall–Kier alpha value is -1.51. The Kier molecular flexibility index (Phi) is 5.94. The Morgan fingerprint density at radius 2 is 1.69 bits per heavy atom. The average Bonchev–Trinajstić information content (AvgIpc) is 3.15. The van der Waals surface area contributed by atoms with Crippen molar-refractivity contribution in [2.24, 2.45) is 0 Å². The van der Waals surface area contributed by atoms with E-state index in [1.807, 2.05) is 41.7 Å². The molecular formula is C18H21NO4S3. The van der Waals surface area contributed by atoms with Gasteiger partial charge >= 0.3 is 0 Å². The van der Waals surface area contributed by atoms with Crippen LogP contribution < -0.4 is 14.2 Å². The van der Waals surface area contributed by atoms with Crippen molar-refractivity contribution in [1.29, 1.82) is 0 Å². The molecule has 5 nitrogen and oxygen atoms in total. The number of ether oxygens (including phenoxy) is 2. The van der Waals surface area contributed by atoms with E-state index in [-0.39, 0.29) is 4.90 Å². The lowest BCUT2D eigenvalue weighted by Crippen LogP contribution is -2.15. The van der Waals surface area contributed by atoms with E-state index in [1.54, 1.807) is 19.1 Å². The van der Waals surface area contributed by atoms with Gasteiger partial charge in [-0.15, -0.1) is 23.5 Å². The molecule has 2 aromatic rings. The fraction of sp³-hybridized carbons (Fsp3) is 0.333. The van der Waals surface area contributed by atoms with Gasteiger partial charge in [0, 0.05) is 23.3 Å². The van der Waals surface area contributed by atoms with Crippen molar-refractivity contribution in [1.82, 2.24) is 0 Å². The van der Waals surface area contributed by atoms with Gasteiger partial charge in [0.25, 0.3) is 10.0 Å². The molecule has 0 bridgehead atoms. The normalized spacial score (nSPS) is 15.0. The molecule has 1 aliphatic rings. The maximum Gasteiger partial charge on any atom is 0.262 e. The number of methoxy groups -OCH3 is 2. The van der Waals surface area contributed by atoms with Crippen LogP contribution in [0.2, 0.25) is 0 Å². The lowest BCUT2D eigenvalue weighted by Gasteiger charge is -2.15. The van der Waals surface area contributed by atoms with Crippen molar-refractivity contribution in [3.05, 3.63) is 47.5 Å². The van der Waals surface area contributed by atoms with Crippen LogP contribution in [0.4, 0.5) is 5.69 Å². The first kappa shape index (κ1) is 19.3. The summed E-state index contributed by atoms with van der Waals surface area (Å²) in [7, 11) is -0.735. The third kappa shape index (κ3) is 4.07. The summed E-state index contributed by atoms with van der Waals surface area (Å²) < 4.78 is 39.3. The molecule has 1 heterocycles. The van der Waals surface area contributed by atoms with Gasteiger partial charge in [0.15, 0.2) is 11.5 Å². The number of aryl methyl sites for hydroxylation is 1. The molecule has 0 atom stereocenters. The number of benzene rings is 2. The highest BCUT2D eigenvalue weighted by Gasteiger charge is 2.22. The maximum absolute atomic E-state index is 12.9. The third-order valence-corrected chi connectivity index (χ3v) is 8.63. The summed E-state index contributed by atoms with van der Waals surface area (Å²) in [6.07, 6.45) is 0. The van der Waals surface area contributed by atoms with Crippen LogP contribution in [0.3, 0.4) is 0 Å². The first-order valence-corrected chi connectivity index (χ1v) is 11.6. The van der Waals surface area contributed by atoms with E-state index in [4.69, 9.17) is 9.47 Å². The van der Waals surface area contributed by atoms with Crippen molar-refractivity contribution in [2.45, 2.75) is 16.4 Å². The number of thioether (sulfide) groups is 2. The molecule has 0 radical (unpaired) electrons. The fourth-order valence-corrected chi connectivity index (χ4v) is 6.89. The molecule has 1 N–H and O–H groups in total. The average molecular weight is 412 g/mol. The molecule has 3 rings (SSSR count). The van der Waals surface area contributed by atoms with E-state index < -0.39 is 10.0 Å². The predicted octanol–water partition coefficient (Wildman–Crippen LogP) is 4.29. The Balaban J connectivity index is 1.91. The van der Waals surface area contributed by atoms with Gasteiger partial charge in [0.1, 0.15) is 0 Å². The van der Waals surface area contributed by atoms with Gasteiger partial charge in [-0.3, -0.25) is 4.72 Å². The summed E-state index contributed by atoms with van der Waals surface area (Å²) in [6, 6.07) is 10.7. The number of anilines is 1. The fourth-order valence-electron chi connectivity index (χ4n) is 2.76. The Morgan fingerprint density at radius 3 is 2.35 bits per heavy atom. The minimum Gasteiger partial charge on any atom is -0.493 e. The standard InChI is InChI=1S/C18H21NO4S3/c1-12-9-15(22-2)16(23-3)11-17(12)26(20,21)19-14-6-4-5-13(10-14)18-24-7-8-25-18/h4-6,9-11,18-19H,7-8H2,1-3H3. The molecule has 0 aliphatic carbocycles. The van der Waals surface area contributed by atoms with Gasteiger partial charge in [-0.25, -0.2) is 8.42 Å². The molecular weight excluding hydrogens is 390 g/mol. The van der Waals surface area contributed by atoms with Crippen molar-refractivity contribution < 1.29 is 17.9 Å². The Bertz CT molecular complexity index is 893. The molecule has 2 aromatic carbocycles. The molecule has 140 valence electrons. The lowest BCUT2D eigenvalue weighted by molar-refractivity contribution is 0.353. The highest BCUT2D eigenvalue weighted by molar-refractivity contribution is 8.19. The van der Waals surface area contributed by atoms with Crippen molar-refractivity contribution >= 4 is 39.2 Å². The molecule has 0 unspecified atom stereocenters. The molecule has 0 aromatic heterocycles. The molecule has 26 heavy (non-hydrogen) atoms. The van der Waals surface area contributed by atoms with Crippen LogP contribution in [0.15, 0.2) is 41.3 Å². The van der Waals surface area contributed by atoms with E-state index >= 15 is 0 Å². The van der Waals surface area contributed by atoms with Crippen LogP contribution in [0, 0.1) is 6.92 Å². The van der Waals surface area contributed by atoms with Crippen molar-refractivity contribution in [3.8, 4) is 11.5 Å². The monoisotopic (exact) mass is 411 g/mol.